The van der Waals surface area contributed by atoms with Gasteiger partial charge in [0.15, 0.2) is 0 Å². The van der Waals surface area contributed by atoms with Crippen LogP contribution in [0, 0.1) is 12.8 Å². The van der Waals surface area contributed by atoms with Gasteiger partial charge in [0.1, 0.15) is 5.75 Å². The average Bonchev–Trinajstić information content (AvgIpc) is 2.66. The van der Waals surface area contributed by atoms with E-state index in [1.54, 1.807) is 13.3 Å². The first kappa shape index (κ1) is 18.5. The second-order valence-corrected chi connectivity index (χ2v) is 7.19. The molecule has 0 spiro atoms. The van der Waals surface area contributed by atoms with Crippen molar-refractivity contribution in [2.45, 2.75) is 25.8 Å². The summed E-state index contributed by atoms with van der Waals surface area (Å²) in [7, 11) is 3.47. The molecule has 0 aliphatic carbocycles. The van der Waals surface area contributed by atoms with Crippen LogP contribution in [-0.2, 0) is 4.79 Å². The summed E-state index contributed by atoms with van der Waals surface area (Å²) in [5.41, 5.74) is 2.74. The number of nitrogens with zero attached hydrogens (tertiary/aromatic N) is 1. The molecule has 0 aromatic heterocycles. The Morgan fingerprint density at radius 1 is 1.31 bits per heavy atom. The number of benzene rings is 1. The van der Waals surface area contributed by atoms with E-state index in [0.29, 0.717) is 11.5 Å². The topological polar surface area (TPSA) is 53.6 Å². The molecule has 3 aliphatic heterocycles. The molecule has 5 heteroatoms. The van der Waals surface area contributed by atoms with Gasteiger partial charge < -0.3 is 20.3 Å². The van der Waals surface area contributed by atoms with Crippen LogP contribution < -0.4 is 15.4 Å². The number of ether oxygens (including phenoxy) is 1. The Balaban J connectivity index is 1.72. The third-order valence-electron chi connectivity index (χ3n) is 5.36. The summed E-state index contributed by atoms with van der Waals surface area (Å²) >= 11 is 0. The van der Waals surface area contributed by atoms with Crippen molar-refractivity contribution in [2.24, 2.45) is 5.92 Å². The minimum absolute atomic E-state index is 0.0269. The fourth-order valence-electron chi connectivity index (χ4n) is 3.89. The Morgan fingerprint density at radius 2 is 2.08 bits per heavy atom. The van der Waals surface area contributed by atoms with Crippen molar-refractivity contribution in [3.63, 3.8) is 0 Å². The molecule has 1 aromatic rings. The van der Waals surface area contributed by atoms with Gasteiger partial charge in [0.05, 0.1) is 12.7 Å². The van der Waals surface area contributed by atoms with Crippen LogP contribution in [0.4, 0.5) is 0 Å². The molecule has 2 bridgehead atoms. The number of amides is 1. The Labute approximate surface area is 156 Å². The minimum atomic E-state index is -0.0269. The lowest BCUT2D eigenvalue weighted by Gasteiger charge is -2.44. The Kier molecular flexibility index (Phi) is 5.99. The van der Waals surface area contributed by atoms with E-state index >= 15 is 0 Å². The first-order chi connectivity index (χ1) is 12.6. The first-order valence-corrected chi connectivity index (χ1v) is 9.34. The molecule has 3 fully saturated rings. The highest BCUT2D eigenvalue weighted by Crippen LogP contribution is 2.27. The molecule has 3 aliphatic rings. The number of hydrogen-bond acceptors (Lipinski definition) is 4. The number of rotatable bonds is 6. The van der Waals surface area contributed by atoms with Crippen LogP contribution in [0.3, 0.4) is 0 Å². The van der Waals surface area contributed by atoms with Crippen molar-refractivity contribution in [1.29, 1.82) is 0 Å². The van der Waals surface area contributed by atoms with E-state index in [9.17, 15) is 4.79 Å². The van der Waals surface area contributed by atoms with Crippen molar-refractivity contribution in [3.05, 3.63) is 47.2 Å². The molecule has 1 unspecified atom stereocenters. The van der Waals surface area contributed by atoms with E-state index in [4.69, 9.17) is 4.74 Å². The van der Waals surface area contributed by atoms with Gasteiger partial charge in [-0.3, -0.25) is 4.79 Å². The van der Waals surface area contributed by atoms with Gasteiger partial charge in [0.2, 0.25) is 0 Å². The van der Waals surface area contributed by atoms with Crippen molar-refractivity contribution < 1.29 is 9.53 Å². The normalized spacial score (nSPS) is 25.3. The molecule has 5 nitrogen and oxygen atoms in total. The molecule has 1 amide bonds. The second kappa shape index (κ2) is 8.41. The van der Waals surface area contributed by atoms with Gasteiger partial charge >= 0.3 is 0 Å². The number of nitrogens with one attached hydrogen (secondary N) is 2. The van der Waals surface area contributed by atoms with E-state index in [-0.39, 0.29) is 11.9 Å². The molecular weight excluding hydrogens is 326 g/mol. The predicted molar refractivity (Wildman–Crippen MR) is 105 cm³/mol. The number of carbonyl (C=O) groups excluding carboxylic acids is 1. The lowest BCUT2D eigenvalue weighted by molar-refractivity contribution is -0.119. The van der Waals surface area contributed by atoms with E-state index in [1.165, 1.54) is 25.9 Å². The molecular formula is C21H29N3O2. The van der Waals surface area contributed by atoms with Crippen molar-refractivity contribution in [2.75, 3.05) is 33.8 Å². The van der Waals surface area contributed by atoms with E-state index in [0.717, 1.165) is 23.4 Å². The molecule has 140 valence electrons. The van der Waals surface area contributed by atoms with Gasteiger partial charge in [-0.2, -0.15) is 0 Å². The summed E-state index contributed by atoms with van der Waals surface area (Å²) in [5.74, 6) is 1.38. The van der Waals surface area contributed by atoms with Crippen LogP contribution in [0.5, 0.6) is 5.75 Å². The number of carbonyl (C=O) groups is 1. The Hall–Kier alpha value is -2.27. The fraction of sp³-hybridized carbons (Fsp3) is 0.476. The number of piperidine rings is 3. The standard InChI is InChI=1S/C21H29N3O2/c1-15-4-7-20(26-3)17(12-15)5-6-18(13-22-2)21(25)23-19-14-24-10-8-16(19)9-11-24/h4-7,12-13,16,19,22H,8-11,14H2,1-3H3,(H,23,25)/b6-5-,18-13+. The van der Waals surface area contributed by atoms with E-state index in [2.05, 4.69) is 21.6 Å². The summed E-state index contributed by atoms with van der Waals surface area (Å²) in [5, 5.41) is 6.22. The number of hydrogen-bond donors (Lipinski definition) is 2. The van der Waals surface area contributed by atoms with Crippen LogP contribution in [0.15, 0.2) is 36.0 Å². The molecule has 2 N–H and O–H groups in total. The van der Waals surface area contributed by atoms with Crippen LogP contribution >= 0.6 is 0 Å². The maximum Gasteiger partial charge on any atom is 0.253 e. The van der Waals surface area contributed by atoms with E-state index < -0.39 is 0 Å². The SMILES string of the molecule is CN/C=C(\C=C/c1cc(C)ccc1OC)C(=O)NC1CN2CCC1CC2. The van der Waals surface area contributed by atoms with E-state index in [1.807, 2.05) is 38.3 Å². The smallest absolute Gasteiger partial charge is 0.253 e. The van der Waals surface area contributed by atoms with Gasteiger partial charge in [0.25, 0.3) is 5.91 Å². The van der Waals surface area contributed by atoms with Gasteiger partial charge in [-0.25, -0.2) is 0 Å². The molecule has 1 aromatic carbocycles. The molecule has 4 rings (SSSR count). The molecule has 1 atom stereocenters. The Morgan fingerprint density at radius 3 is 2.69 bits per heavy atom. The van der Waals surface area contributed by atoms with Crippen LogP contribution in [0.1, 0.15) is 24.0 Å². The number of aryl methyl sites for hydroxylation is 1. The van der Waals surface area contributed by atoms with Crippen molar-refractivity contribution in [3.8, 4) is 5.75 Å². The summed E-state index contributed by atoms with van der Waals surface area (Å²) in [4.78, 5) is 15.2. The minimum Gasteiger partial charge on any atom is -0.496 e. The van der Waals surface area contributed by atoms with Gasteiger partial charge in [-0.15, -0.1) is 0 Å². The van der Waals surface area contributed by atoms with Gasteiger partial charge in [-0.1, -0.05) is 17.7 Å². The largest absolute Gasteiger partial charge is 0.496 e. The maximum atomic E-state index is 12.8. The Bertz CT molecular complexity index is 703. The van der Waals surface area contributed by atoms with Crippen LogP contribution in [0.2, 0.25) is 0 Å². The number of fused-ring (bicyclic) bond motifs is 3. The first-order valence-electron chi connectivity index (χ1n) is 9.34. The molecule has 3 heterocycles. The lowest BCUT2D eigenvalue weighted by atomic mass is 9.84. The van der Waals surface area contributed by atoms with Crippen LogP contribution in [0.25, 0.3) is 6.08 Å². The molecule has 26 heavy (non-hydrogen) atoms. The summed E-state index contributed by atoms with van der Waals surface area (Å²) in [6, 6.07) is 6.27. The monoisotopic (exact) mass is 355 g/mol. The maximum absolute atomic E-state index is 12.8. The highest BCUT2D eigenvalue weighted by Gasteiger charge is 2.35. The van der Waals surface area contributed by atoms with Crippen LogP contribution in [-0.4, -0.2) is 50.6 Å². The zero-order chi connectivity index (χ0) is 18.5. The molecule has 0 radical (unpaired) electrons. The van der Waals surface area contributed by atoms with Gasteiger partial charge in [-0.05, 0) is 57.0 Å². The average molecular weight is 355 g/mol. The third kappa shape index (κ3) is 4.28. The quantitative estimate of drug-likeness (QED) is 0.607. The fourth-order valence-corrected chi connectivity index (χ4v) is 3.89. The highest BCUT2D eigenvalue weighted by atomic mass is 16.5. The lowest BCUT2D eigenvalue weighted by Crippen LogP contribution is -2.57. The summed E-state index contributed by atoms with van der Waals surface area (Å²) in [6.45, 7) is 5.35. The zero-order valence-corrected chi connectivity index (χ0v) is 15.9. The predicted octanol–water partition coefficient (Wildman–Crippen LogP) is 2.33. The van der Waals surface area contributed by atoms with Crippen molar-refractivity contribution in [1.82, 2.24) is 15.5 Å². The second-order valence-electron chi connectivity index (χ2n) is 7.19. The molecule has 0 saturated carbocycles. The number of methoxy groups -OCH3 is 1. The van der Waals surface area contributed by atoms with Gasteiger partial charge in [0, 0.05) is 31.4 Å². The summed E-state index contributed by atoms with van der Waals surface area (Å²) in [6.07, 6.45) is 7.91. The third-order valence-corrected chi connectivity index (χ3v) is 5.36. The zero-order valence-electron chi connectivity index (χ0n) is 15.9. The van der Waals surface area contributed by atoms with Crippen molar-refractivity contribution >= 4 is 12.0 Å². The molecule has 3 saturated heterocycles. The summed E-state index contributed by atoms with van der Waals surface area (Å²) < 4.78 is 5.42. The highest BCUT2D eigenvalue weighted by molar-refractivity contribution is 5.97.